The van der Waals surface area contributed by atoms with E-state index in [0.29, 0.717) is 17.0 Å². The molecule has 38 heavy (non-hydrogen) atoms. The molecule has 0 unspecified atom stereocenters. The summed E-state index contributed by atoms with van der Waals surface area (Å²) in [7, 11) is -3.73. The van der Waals surface area contributed by atoms with Crippen LogP contribution in [0.3, 0.4) is 0 Å². The molecule has 0 aromatic heterocycles. The van der Waals surface area contributed by atoms with Crippen molar-refractivity contribution in [1.29, 1.82) is 0 Å². The second-order valence-electron chi connectivity index (χ2n) is 9.32. The Labute approximate surface area is 222 Å². The summed E-state index contributed by atoms with van der Waals surface area (Å²) < 4.78 is 31.6. The number of hydrazone groups is 1. The summed E-state index contributed by atoms with van der Waals surface area (Å²) in [6, 6.07) is 19.8. The minimum atomic E-state index is -3.73. The van der Waals surface area contributed by atoms with E-state index < -0.39 is 22.5 Å². The second-order valence-corrected chi connectivity index (χ2v) is 11.2. The lowest BCUT2D eigenvalue weighted by Crippen LogP contribution is -2.39. The van der Waals surface area contributed by atoms with Crippen LogP contribution >= 0.6 is 0 Å². The highest BCUT2D eigenvalue weighted by atomic mass is 32.2. The van der Waals surface area contributed by atoms with Crippen LogP contribution in [0.15, 0.2) is 71.8 Å². The van der Waals surface area contributed by atoms with Crippen LogP contribution in [0, 0.1) is 0 Å². The first-order chi connectivity index (χ1) is 18.3. The van der Waals surface area contributed by atoms with Gasteiger partial charge < -0.3 is 10.1 Å². The number of anilines is 1. The zero-order valence-electron chi connectivity index (χ0n) is 21.3. The van der Waals surface area contributed by atoms with E-state index in [1.807, 2.05) is 30.3 Å². The lowest BCUT2D eigenvalue weighted by atomic mass is 9.95. The van der Waals surface area contributed by atoms with E-state index in [1.54, 1.807) is 36.4 Å². The predicted molar refractivity (Wildman–Crippen MR) is 149 cm³/mol. The van der Waals surface area contributed by atoms with Gasteiger partial charge in [-0.2, -0.15) is 5.10 Å². The minimum absolute atomic E-state index is 0.0481. The summed E-state index contributed by atoms with van der Waals surface area (Å²) in [5.41, 5.74) is 3.50. The lowest BCUT2D eigenvalue weighted by molar-refractivity contribution is -0.124. The summed E-state index contributed by atoms with van der Waals surface area (Å²) >= 11 is 0. The molecule has 1 aliphatic carbocycles. The maximum absolute atomic E-state index is 12.6. The van der Waals surface area contributed by atoms with Crippen molar-refractivity contribution in [2.75, 3.05) is 23.7 Å². The van der Waals surface area contributed by atoms with Gasteiger partial charge in [-0.15, -0.1) is 0 Å². The van der Waals surface area contributed by atoms with E-state index in [-0.39, 0.29) is 18.6 Å². The Hall–Kier alpha value is -3.92. The molecule has 9 nitrogen and oxygen atoms in total. The maximum atomic E-state index is 12.6. The molecule has 0 spiro atoms. The van der Waals surface area contributed by atoms with Crippen LogP contribution in [-0.2, 0) is 19.6 Å². The number of nitrogens with one attached hydrogen (secondary N) is 2. The van der Waals surface area contributed by atoms with Gasteiger partial charge in [-0.1, -0.05) is 55.7 Å². The highest BCUT2D eigenvalue weighted by Crippen LogP contribution is 2.28. The number of fused-ring (bicyclic) bond motifs is 1. The van der Waals surface area contributed by atoms with Crippen molar-refractivity contribution in [1.82, 2.24) is 10.7 Å². The molecule has 4 rings (SSSR count). The average Bonchev–Trinajstić information content (AvgIpc) is 2.91. The molecule has 0 aliphatic heterocycles. The first-order valence-corrected chi connectivity index (χ1v) is 14.4. The molecule has 0 radical (unpaired) electrons. The van der Waals surface area contributed by atoms with E-state index in [2.05, 4.69) is 15.8 Å². The van der Waals surface area contributed by atoms with Gasteiger partial charge >= 0.3 is 0 Å². The highest BCUT2D eigenvalue weighted by Gasteiger charge is 2.22. The SMILES string of the molecule is CS(=O)(=O)N(CC(=O)N/N=C\c1ccc(OCC(=O)NC2CCCCC2)cc1)c1cccc2ccccc12. The molecule has 200 valence electrons. The van der Waals surface area contributed by atoms with Crippen LogP contribution < -0.4 is 19.8 Å². The number of ether oxygens (including phenoxy) is 1. The van der Waals surface area contributed by atoms with E-state index in [0.717, 1.165) is 47.0 Å². The Morgan fingerprint density at radius 1 is 0.974 bits per heavy atom. The largest absolute Gasteiger partial charge is 0.484 e. The molecule has 3 aromatic rings. The van der Waals surface area contributed by atoms with Crippen molar-refractivity contribution in [2.45, 2.75) is 38.1 Å². The van der Waals surface area contributed by atoms with Crippen molar-refractivity contribution in [2.24, 2.45) is 5.10 Å². The minimum Gasteiger partial charge on any atom is -0.484 e. The Balaban J connectivity index is 1.30. The molecule has 10 heteroatoms. The molecule has 1 aliphatic rings. The topological polar surface area (TPSA) is 117 Å². The predicted octanol–water partition coefficient (Wildman–Crippen LogP) is 3.58. The number of rotatable bonds is 10. The molecule has 0 saturated heterocycles. The fourth-order valence-electron chi connectivity index (χ4n) is 4.47. The highest BCUT2D eigenvalue weighted by molar-refractivity contribution is 7.92. The van der Waals surface area contributed by atoms with Gasteiger partial charge in [-0.05, 0) is 54.1 Å². The number of benzene rings is 3. The molecular weight excluding hydrogens is 504 g/mol. The van der Waals surface area contributed by atoms with Gasteiger partial charge in [0.25, 0.3) is 11.8 Å². The quantitative estimate of drug-likeness (QED) is 0.303. The molecule has 0 atom stereocenters. The van der Waals surface area contributed by atoms with Crippen molar-refractivity contribution in [3.05, 3.63) is 72.3 Å². The van der Waals surface area contributed by atoms with E-state index >= 15 is 0 Å². The van der Waals surface area contributed by atoms with Crippen molar-refractivity contribution < 1.29 is 22.7 Å². The van der Waals surface area contributed by atoms with Crippen molar-refractivity contribution in [3.8, 4) is 5.75 Å². The third-order valence-electron chi connectivity index (χ3n) is 6.35. The number of carbonyl (C=O) groups excluding carboxylic acids is 2. The lowest BCUT2D eigenvalue weighted by Gasteiger charge is -2.23. The smallest absolute Gasteiger partial charge is 0.260 e. The Kier molecular flexibility index (Phi) is 8.96. The summed E-state index contributed by atoms with van der Waals surface area (Å²) in [4.78, 5) is 24.7. The van der Waals surface area contributed by atoms with Crippen LogP contribution in [0.2, 0.25) is 0 Å². The normalized spacial score (nSPS) is 14.3. The van der Waals surface area contributed by atoms with E-state index in [1.165, 1.54) is 12.6 Å². The number of sulfonamides is 1. The third kappa shape index (κ3) is 7.55. The Morgan fingerprint density at radius 2 is 1.68 bits per heavy atom. The summed E-state index contributed by atoms with van der Waals surface area (Å²) in [5.74, 6) is -0.163. The van der Waals surface area contributed by atoms with Gasteiger partial charge in [0.2, 0.25) is 10.0 Å². The maximum Gasteiger partial charge on any atom is 0.260 e. The number of amides is 2. The molecule has 2 amide bonds. The number of hydrogen-bond acceptors (Lipinski definition) is 6. The molecule has 2 N–H and O–H groups in total. The summed E-state index contributed by atoms with van der Waals surface area (Å²) in [6.07, 6.45) is 8.07. The van der Waals surface area contributed by atoms with Crippen molar-refractivity contribution in [3.63, 3.8) is 0 Å². The summed E-state index contributed by atoms with van der Waals surface area (Å²) in [6.45, 7) is -0.465. The Bertz CT molecular complexity index is 1400. The van der Waals surface area contributed by atoms with Gasteiger partial charge in [-0.25, -0.2) is 13.8 Å². The number of nitrogens with zero attached hydrogens (tertiary/aromatic N) is 2. The van der Waals surface area contributed by atoms with E-state index in [4.69, 9.17) is 4.74 Å². The van der Waals surface area contributed by atoms with Gasteiger partial charge in [0.1, 0.15) is 12.3 Å². The van der Waals surface area contributed by atoms with Crippen LogP contribution in [0.5, 0.6) is 5.75 Å². The Morgan fingerprint density at radius 3 is 2.42 bits per heavy atom. The second kappa shape index (κ2) is 12.6. The van der Waals surface area contributed by atoms with Crippen LogP contribution in [-0.4, -0.2) is 51.9 Å². The molecule has 0 bridgehead atoms. The van der Waals surface area contributed by atoms with Gasteiger partial charge in [0, 0.05) is 11.4 Å². The molecule has 1 saturated carbocycles. The summed E-state index contributed by atoms with van der Waals surface area (Å²) in [5, 5.41) is 8.56. The van der Waals surface area contributed by atoms with E-state index in [9.17, 15) is 18.0 Å². The van der Waals surface area contributed by atoms with Crippen LogP contribution in [0.4, 0.5) is 5.69 Å². The van der Waals surface area contributed by atoms with Crippen molar-refractivity contribution >= 4 is 44.5 Å². The standard InChI is InChI=1S/C28H32N4O5S/c1-38(35,36)32(26-13-7-9-22-8-5-6-12-25(22)26)19-27(33)31-29-18-21-14-16-24(17-15-21)37-20-28(34)30-23-10-3-2-4-11-23/h5-9,12-18,23H,2-4,10-11,19-20H2,1H3,(H,30,34)(H,31,33)/b29-18-. The first kappa shape index (κ1) is 27.1. The van der Waals surface area contributed by atoms with Crippen LogP contribution in [0.1, 0.15) is 37.7 Å². The molecule has 3 aromatic carbocycles. The fraction of sp³-hybridized carbons (Fsp3) is 0.321. The van der Waals surface area contributed by atoms with Crippen LogP contribution in [0.25, 0.3) is 10.8 Å². The van der Waals surface area contributed by atoms with Gasteiger partial charge in [0.05, 0.1) is 18.2 Å². The van der Waals surface area contributed by atoms with Gasteiger partial charge in [-0.3, -0.25) is 13.9 Å². The zero-order valence-corrected chi connectivity index (χ0v) is 22.1. The molecular formula is C28H32N4O5S. The third-order valence-corrected chi connectivity index (χ3v) is 7.47. The van der Waals surface area contributed by atoms with Gasteiger partial charge in [0.15, 0.2) is 6.61 Å². The number of carbonyl (C=O) groups is 2. The monoisotopic (exact) mass is 536 g/mol. The number of hydrogen-bond donors (Lipinski definition) is 2. The molecule has 1 fully saturated rings. The first-order valence-electron chi connectivity index (χ1n) is 12.6. The molecule has 0 heterocycles. The zero-order chi connectivity index (χ0) is 27.0. The fourth-order valence-corrected chi connectivity index (χ4v) is 5.33. The average molecular weight is 537 g/mol.